The van der Waals surface area contributed by atoms with Crippen LogP contribution in [0.15, 0.2) is 16.8 Å². The van der Waals surface area contributed by atoms with Crippen LogP contribution in [0.2, 0.25) is 0 Å². The van der Waals surface area contributed by atoms with E-state index >= 15 is 0 Å². The Bertz CT molecular complexity index is 114. The first-order valence-electron chi connectivity index (χ1n) is 3.13. The summed E-state index contributed by atoms with van der Waals surface area (Å²) >= 11 is 0. The molecular formula is C7H14N2. The summed E-state index contributed by atoms with van der Waals surface area (Å²) in [4.78, 5) is 3.89. The molecule has 0 saturated carbocycles. The highest BCUT2D eigenvalue weighted by Gasteiger charge is 1.83. The molecule has 2 nitrogen and oxygen atoms in total. The van der Waals surface area contributed by atoms with Crippen molar-refractivity contribution in [3.8, 4) is 0 Å². The Kier molecular flexibility index (Phi) is 4.88. The zero-order valence-electron chi connectivity index (χ0n) is 6.31. The van der Waals surface area contributed by atoms with E-state index in [1.165, 1.54) is 5.57 Å². The van der Waals surface area contributed by atoms with Crippen LogP contribution in [0.4, 0.5) is 0 Å². The van der Waals surface area contributed by atoms with E-state index in [0.717, 1.165) is 6.42 Å². The molecule has 9 heavy (non-hydrogen) atoms. The van der Waals surface area contributed by atoms with Crippen LogP contribution >= 0.6 is 0 Å². The Hall–Kier alpha value is -0.790. The molecule has 0 unspecified atom stereocenters. The first-order valence-corrected chi connectivity index (χ1v) is 3.13. The van der Waals surface area contributed by atoms with E-state index in [-0.39, 0.29) is 0 Å². The van der Waals surface area contributed by atoms with Crippen LogP contribution in [0, 0.1) is 0 Å². The number of hydrogen-bond donors (Lipinski definition) is 1. The number of allylic oxidation sites excluding steroid dienone is 1. The molecule has 0 fully saturated rings. The highest BCUT2D eigenvalue weighted by Crippen LogP contribution is 1.92. The first kappa shape index (κ1) is 8.21. The number of nitrogens with zero attached hydrogens (tertiary/aromatic N) is 1. The van der Waals surface area contributed by atoms with Gasteiger partial charge < -0.3 is 5.32 Å². The maximum absolute atomic E-state index is 3.89. The van der Waals surface area contributed by atoms with Crippen molar-refractivity contribution in [3.05, 3.63) is 11.8 Å². The van der Waals surface area contributed by atoms with E-state index in [0.29, 0.717) is 0 Å². The molecule has 0 aromatic heterocycles. The molecule has 1 N–H and O–H groups in total. The van der Waals surface area contributed by atoms with Crippen LogP contribution in [0.3, 0.4) is 0 Å². The quantitative estimate of drug-likeness (QED) is 0.564. The second-order valence-corrected chi connectivity index (χ2v) is 1.75. The number of aliphatic imine (C=N–C) groups is 1. The van der Waals surface area contributed by atoms with Crippen molar-refractivity contribution in [1.82, 2.24) is 5.32 Å². The SMILES string of the molecule is CCC(/C=N\C)=C/NC. The molecule has 0 aromatic carbocycles. The molecule has 0 spiro atoms. The third-order valence-electron chi connectivity index (χ3n) is 1.03. The number of hydrogen-bond acceptors (Lipinski definition) is 2. The average Bonchev–Trinajstić information content (AvgIpc) is 1.88. The van der Waals surface area contributed by atoms with Gasteiger partial charge in [-0.3, -0.25) is 4.99 Å². The van der Waals surface area contributed by atoms with Gasteiger partial charge in [-0.15, -0.1) is 0 Å². The number of nitrogens with one attached hydrogen (secondary N) is 1. The van der Waals surface area contributed by atoms with Crippen molar-refractivity contribution in [2.24, 2.45) is 4.99 Å². The minimum Gasteiger partial charge on any atom is -0.394 e. The van der Waals surface area contributed by atoms with Crippen LogP contribution in [-0.4, -0.2) is 20.3 Å². The fourth-order valence-electron chi connectivity index (χ4n) is 0.582. The third kappa shape index (κ3) is 3.76. The summed E-state index contributed by atoms with van der Waals surface area (Å²) in [5.41, 5.74) is 1.22. The lowest BCUT2D eigenvalue weighted by atomic mass is 10.2. The lowest BCUT2D eigenvalue weighted by molar-refractivity contribution is 1.05. The summed E-state index contributed by atoms with van der Waals surface area (Å²) in [7, 11) is 3.66. The zero-order chi connectivity index (χ0) is 7.11. The van der Waals surface area contributed by atoms with Crippen molar-refractivity contribution in [2.75, 3.05) is 14.1 Å². The van der Waals surface area contributed by atoms with Gasteiger partial charge in [-0.05, 0) is 12.0 Å². The van der Waals surface area contributed by atoms with E-state index < -0.39 is 0 Å². The Morgan fingerprint density at radius 3 is 2.67 bits per heavy atom. The molecule has 0 heterocycles. The third-order valence-corrected chi connectivity index (χ3v) is 1.03. The normalized spacial score (nSPS) is 12.6. The minimum atomic E-state index is 1.03. The molecule has 0 radical (unpaired) electrons. The van der Waals surface area contributed by atoms with Crippen molar-refractivity contribution in [2.45, 2.75) is 13.3 Å². The van der Waals surface area contributed by atoms with Crippen molar-refractivity contribution < 1.29 is 0 Å². The molecule has 2 heteroatoms. The summed E-state index contributed by atoms with van der Waals surface area (Å²) in [5, 5.41) is 2.95. The maximum atomic E-state index is 3.89. The van der Waals surface area contributed by atoms with Crippen LogP contribution in [0.25, 0.3) is 0 Å². The second kappa shape index (κ2) is 5.35. The van der Waals surface area contributed by atoms with E-state index in [1.807, 2.05) is 19.5 Å². The molecule has 0 amide bonds. The van der Waals surface area contributed by atoms with Gasteiger partial charge in [0, 0.05) is 26.5 Å². The van der Waals surface area contributed by atoms with E-state index in [4.69, 9.17) is 0 Å². The molecule has 0 aliphatic carbocycles. The fraction of sp³-hybridized carbons (Fsp3) is 0.571. The van der Waals surface area contributed by atoms with Crippen LogP contribution in [-0.2, 0) is 0 Å². The van der Waals surface area contributed by atoms with Crippen LogP contribution < -0.4 is 5.32 Å². The molecule has 0 aliphatic rings. The summed E-state index contributed by atoms with van der Waals surface area (Å²) < 4.78 is 0. The highest BCUT2D eigenvalue weighted by molar-refractivity contribution is 5.77. The molecule has 0 bridgehead atoms. The van der Waals surface area contributed by atoms with Gasteiger partial charge in [0.05, 0.1) is 0 Å². The lowest BCUT2D eigenvalue weighted by Crippen LogP contribution is -1.96. The average molecular weight is 126 g/mol. The van der Waals surface area contributed by atoms with E-state index in [1.54, 1.807) is 7.05 Å². The van der Waals surface area contributed by atoms with Crippen LogP contribution in [0.5, 0.6) is 0 Å². The van der Waals surface area contributed by atoms with Gasteiger partial charge in [0.1, 0.15) is 0 Å². The summed E-state index contributed by atoms with van der Waals surface area (Å²) in [6.07, 6.45) is 4.84. The molecule has 0 saturated heterocycles. The molecular weight excluding hydrogens is 112 g/mol. The largest absolute Gasteiger partial charge is 0.394 e. The Morgan fingerprint density at radius 1 is 1.67 bits per heavy atom. The molecule has 0 aliphatic heterocycles. The predicted molar refractivity (Wildman–Crippen MR) is 41.8 cm³/mol. The van der Waals surface area contributed by atoms with Gasteiger partial charge in [0.15, 0.2) is 0 Å². The van der Waals surface area contributed by atoms with Gasteiger partial charge >= 0.3 is 0 Å². The summed E-state index contributed by atoms with van der Waals surface area (Å²) in [6, 6.07) is 0. The van der Waals surface area contributed by atoms with Gasteiger partial charge in [-0.25, -0.2) is 0 Å². The van der Waals surface area contributed by atoms with Crippen molar-refractivity contribution in [3.63, 3.8) is 0 Å². The minimum absolute atomic E-state index is 1.03. The lowest BCUT2D eigenvalue weighted by Gasteiger charge is -1.93. The van der Waals surface area contributed by atoms with Gasteiger partial charge in [-0.2, -0.15) is 0 Å². The van der Waals surface area contributed by atoms with Crippen molar-refractivity contribution >= 4 is 6.21 Å². The van der Waals surface area contributed by atoms with Gasteiger partial charge in [-0.1, -0.05) is 6.92 Å². The second-order valence-electron chi connectivity index (χ2n) is 1.75. The molecule has 52 valence electrons. The maximum Gasteiger partial charge on any atom is 0.0277 e. The number of rotatable bonds is 3. The Balaban J connectivity index is 3.81. The Morgan fingerprint density at radius 2 is 2.33 bits per heavy atom. The highest BCUT2D eigenvalue weighted by atomic mass is 14.8. The van der Waals surface area contributed by atoms with Gasteiger partial charge in [0.25, 0.3) is 0 Å². The molecule has 0 aromatic rings. The first-order chi connectivity index (χ1) is 4.35. The Labute approximate surface area is 56.7 Å². The topological polar surface area (TPSA) is 24.4 Å². The van der Waals surface area contributed by atoms with E-state index in [2.05, 4.69) is 17.2 Å². The smallest absolute Gasteiger partial charge is 0.0277 e. The summed E-state index contributed by atoms with van der Waals surface area (Å²) in [5.74, 6) is 0. The molecule has 0 atom stereocenters. The predicted octanol–water partition coefficient (Wildman–Crippen LogP) is 1.20. The summed E-state index contributed by atoms with van der Waals surface area (Å²) in [6.45, 7) is 2.10. The molecule has 0 rings (SSSR count). The zero-order valence-corrected chi connectivity index (χ0v) is 6.31. The standard InChI is InChI=1S/C7H14N2/c1-4-7(5-8-2)6-9-3/h5-6,8H,4H2,1-3H3/b7-5-,9-6-. The van der Waals surface area contributed by atoms with Gasteiger partial charge in [0.2, 0.25) is 0 Å². The van der Waals surface area contributed by atoms with Crippen molar-refractivity contribution in [1.29, 1.82) is 0 Å². The fourth-order valence-corrected chi connectivity index (χ4v) is 0.582. The van der Waals surface area contributed by atoms with E-state index in [9.17, 15) is 0 Å². The monoisotopic (exact) mass is 126 g/mol. The van der Waals surface area contributed by atoms with Crippen LogP contribution in [0.1, 0.15) is 13.3 Å².